The fourth-order valence-corrected chi connectivity index (χ4v) is 2.51. The summed E-state index contributed by atoms with van der Waals surface area (Å²) in [6.45, 7) is 3.27. The lowest BCUT2D eigenvalue weighted by molar-refractivity contribution is 0.210. The number of nitrogens with zero attached hydrogens (tertiary/aromatic N) is 2. The van der Waals surface area contributed by atoms with Crippen molar-refractivity contribution in [2.24, 2.45) is 0 Å². The minimum absolute atomic E-state index is 0.625. The Morgan fingerprint density at radius 3 is 2.95 bits per heavy atom. The zero-order valence-corrected chi connectivity index (χ0v) is 13.1. The van der Waals surface area contributed by atoms with Gasteiger partial charge in [-0.1, -0.05) is 27.5 Å². The number of aryl methyl sites for hydroxylation is 1. The highest BCUT2D eigenvalue weighted by molar-refractivity contribution is 9.10. The van der Waals surface area contributed by atoms with E-state index in [0.29, 0.717) is 18.2 Å². The Morgan fingerprint density at radius 1 is 1.47 bits per heavy atom. The summed E-state index contributed by atoms with van der Waals surface area (Å²) in [6.07, 6.45) is 1.95. The molecule has 19 heavy (non-hydrogen) atoms. The lowest BCUT2D eigenvalue weighted by Crippen LogP contribution is -2.11. The number of ether oxygens (including phenoxy) is 1. The average molecular weight is 345 g/mol. The zero-order valence-electron chi connectivity index (χ0n) is 10.8. The van der Waals surface area contributed by atoms with Gasteiger partial charge < -0.3 is 10.1 Å². The van der Waals surface area contributed by atoms with Gasteiger partial charge in [0.2, 0.25) is 5.95 Å². The third-order valence-corrected chi connectivity index (χ3v) is 3.38. The molecule has 0 spiro atoms. The number of methoxy groups -OCH3 is 1. The van der Waals surface area contributed by atoms with Gasteiger partial charge in [0.1, 0.15) is 0 Å². The molecule has 0 radical (unpaired) electrons. The van der Waals surface area contributed by atoms with Crippen LogP contribution in [0.5, 0.6) is 0 Å². The molecule has 0 unspecified atom stereocenters. The van der Waals surface area contributed by atoms with E-state index in [2.05, 4.69) is 26.2 Å². The van der Waals surface area contributed by atoms with Crippen LogP contribution in [0.3, 0.4) is 0 Å². The average Bonchev–Trinajstić information content (AvgIpc) is 2.71. The van der Waals surface area contributed by atoms with Crippen LogP contribution in [0.15, 0.2) is 28.9 Å². The molecule has 0 bridgehead atoms. The molecule has 0 amide bonds. The van der Waals surface area contributed by atoms with Gasteiger partial charge in [-0.3, -0.25) is 4.57 Å². The van der Waals surface area contributed by atoms with Gasteiger partial charge in [0.25, 0.3) is 0 Å². The van der Waals surface area contributed by atoms with Gasteiger partial charge >= 0.3 is 0 Å². The van der Waals surface area contributed by atoms with E-state index >= 15 is 0 Å². The SMILES string of the molecule is COCCNc1nc(C)cn1-c1ccc(Br)cc1Cl. The molecule has 102 valence electrons. The van der Waals surface area contributed by atoms with E-state index in [1.165, 1.54) is 0 Å². The van der Waals surface area contributed by atoms with Crippen molar-refractivity contribution in [3.05, 3.63) is 39.6 Å². The molecule has 0 fully saturated rings. The highest BCUT2D eigenvalue weighted by Crippen LogP contribution is 2.27. The van der Waals surface area contributed by atoms with Gasteiger partial charge in [-0.15, -0.1) is 0 Å². The summed E-state index contributed by atoms with van der Waals surface area (Å²) < 4.78 is 7.92. The first-order chi connectivity index (χ1) is 9.11. The molecule has 0 aliphatic heterocycles. The van der Waals surface area contributed by atoms with E-state index in [9.17, 15) is 0 Å². The summed E-state index contributed by atoms with van der Waals surface area (Å²) in [6, 6.07) is 5.77. The molecule has 0 aliphatic rings. The van der Waals surface area contributed by atoms with Crippen LogP contribution in [-0.4, -0.2) is 29.8 Å². The highest BCUT2D eigenvalue weighted by atomic mass is 79.9. The number of imidazole rings is 1. The second-order valence-corrected chi connectivity index (χ2v) is 5.41. The maximum Gasteiger partial charge on any atom is 0.207 e. The predicted molar refractivity (Wildman–Crippen MR) is 81.4 cm³/mol. The molecule has 1 heterocycles. The summed E-state index contributed by atoms with van der Waals surface area (Å²) in [4.78, 5) is 4.45. The van der Waals surface area contributed by atoms with Crippen molar-refractivity contribution in [2.75, 3.05) is 25.6 Å². The molecule has 0 saturated carbocycles. The summed E-state index contributed by atoms with van der Waals surface area (Å²) in [7, 11) is 1.67. The number of benzene rings is 1. The van der Waals surface area contributed by atoms with Gasteiger partial charge in [0, 0.05) is 24.3 Å². The molecule has 0 saturated heterocycles. The minimum atomic E-state index is 0.625. The first-order valence-corrected chi connectivity index (χ1v) is 7.03. The van der Waals surface area contributed by atoms with E-state index in [1.54, 1.807) is 7.11 Å². The van der Waals surface area contributed by atoms with E-state index in [4.69, 9.17) is 16.3 Å². The fraction of sp³-hybridized carbons (Fsp3) is 0.308. The van der Waals surface area contributed by atoms with Crippen LogP contribution in [0, 0.1) is 6.92 Å². The summed E-state index contributed by atoms with van der Waals surface area (Å²) in [5.41, 5.74) is 1.82. The van der Waals surface area contributed by atoms with Crippen LogP contribution in [0.2, 0.25) is 5.02 Å². The molecule has 2 rings (SSSR count). The van der Waals surface area contributed by atoms with E-state index in [0.717, 1.165) is 21.8 Å². The number of aromatic nitrogens is 2. The number of nitrogens with one attached hydrogen (secondary N) is 1. The molecular formula is C13H15BrClN3O. The number of hydrogen-bond donors (Lipinski definition) is 1. The third-order valence-electron chi connectivity index (χ3n) is 2.58. The van der Waals surface area contributed by atoms with Crippen LogP contribution in [0.1, 0.15) is 5.69 Å². The Kier molecular flexibility index (Phi) is 4.85. The Hall–Kier alpha value is -1.04. The van der Waals surface area contributed by atoms with Gasteiger partial charge in [0.05, 0.1) is 23.0 Å². The van der Waals surface area contributed by atoms with Crippen molar-refractivity contribution in [3.8, 4) is 5.69 Å². The summed E-state index contributed by atoms with van der Waals surface area (Å²) in [5, 5.41) is 3.90. The lowest BCUT2D eigenvalue weighted by atomic mass is 10.3. The maximum atomic E-state index is 6.28. The number of halogens is 2. The summed E-state index contributed by atoms with van der Waals surface area (Å²) in [5.74, 6) is 0.763. The Balaban J connectivity index is 2.32. The predicted octanol–water partition coefficient (Wildman–Crippen LogP) is 3.65. The Bertz CT molecular complexity index is 571. The maximum absolute atomic E-state index is 6.28. The molecule has 2 aromatic rings. The van der Waals surface area contributed by atoms with Crippen LogP contribution < -0.4 is 5.32 Å². The van der Waals surface area contributed by atoms with Crippen LogP contribution in [-0.2, 0) is 4.74 Å². The summed E-state index contributed by atoms with van der Waals surface area (Å²) >= 11 is 9.68. The largest absolute Gasteiger partial charge is 0.383 e. The first kappa shape index (κ1) is 14.4. The van der Waals surface area contributed by atoms with E-state index < -0.39 is 0 Å². The topological polar surface area (TPSA) is 39.1 Å². The third kappa shape index (κ3) is 3.49. The van der Waals surface area contributed by atoms with Gasteiger partial charge in [-0.2, -0.15) is 0 Å². The molecule has 1 aromatic heterocycles. The standard InChI is InChI=1S/C13H15BrClN3O/c1-9-8-18(13(17-9)16-5-6-19-2)12-4-3-10(14)7-11(12)15/h3-4,7-8H,5-6H2,1-2H3,(H,16,17). The fourth-order valence-electron chi connectivity index (χ4n) is 1.75. The number of rotatable bonds is 5. The van der Waals surface area contributed by atoms with Gasteiger partial charge in [-0.05, 0) is 25.1 Å². The van der Waals surface area contributed by atoms with Crippen molar-refractivity contribution in [1.29, 1.82) is 0 Å². The van der Waals surface area contributed by atoms with Crippen LogP contribution in [0.4, 0.5) is 5.95 Å². The van der Waals surface area contributed by atoms with E-state index in [-0.39, 0.29) is 0 Å². The van der Waals surface area contributed by atoms with Gasteiger partial charge in [-0.25, -0.2) is 4.98 Å². The Labute approximate surface area is 125 Å². The minimum Gasteiger partial charge on any atom is -0.383 e. The van der Waals surface area contributed by atoms with Crippen molar-refractivity contribution < 1.29 is 4.74 Å². The highest BCUT2D eigenvalue weighted by Gasteiger charge is 2.10. The van der Waals surface area contributed by atoms with Crippen LogP contribution >= 0.6 is 27.5 Å². The number of anilines is 1. The molecule has 6 heteroatoms. The quantitative estimate of drug-likeness (QED) is 0.841. The Morgan fingerprint density at radius 2 is 2.26 bits per heavy atom. The first-order valence-electron chi connectivity index (χ1n) is 5.86. The molecule has 4 nitrogen and oxygen atoms in total. The van der Waals surface area contributed by atoms with Gasteiger partial charge in [0.15, 0.2) is 0 Å². The second kappa shape index (κ2) is 6.41. The van der Waals surface area contributed by atoms with E-state index in [1.807, 2.05) is 35.9 Å². The van der Waals surface area contributed by atoms with Crippen molar-refractivity contribution >= 4 is 33.5 Å². The normalized spacial score (nSPS) is 10.7. The van der Waals surface area contributed by atoms with Crippen molar-refractivity contribution in [3.63, 3.8) is 0 Å². The lowest BCUT2D eigenvalue weighted by Gasteiger charge is -2.11. The zero-order chi connectivity index (χ0) is 13.8. The monoisotopic (exact) mass is 343 g/mol. The van der Waals surface area contributed by atoms with Crippen molar-refractivity contribution in [1.82, 2.24) is 9.55 Å². The van der Waals surface area contributed by atoms with Crippen LogP contribution in [0.25, 0.3) is 5.69 Å². The molecule has 1 N–H and O–H groups in total. The smallest absolute Gasteiger partial charge is 0.207 e. The molecule has 0 aliphatic carbocycles. The van der Waals surface area contributed by atoms with Crippen molar-refractivity contribution in [2.45, 2.75) is 6.92 Å². The molecular weight excluding hydrogens is 330 g/mol. The second-order valence-electron chi connectivity index (χ2n) is 4.09. The molecule has 0 atom stereocenters. The number of hydrogen-bond acceptors (Lipinski definition) is 3. The molecule has 1 aromatic carbocycles.